The van der Waals surface area contributed by atoms with E-state index in [4.69, 9.17) is 9.57 Å². The zero-order chi connectivity index (χ0) is 20.3. The Bertz CT molecular complexity index is 1140. The number of hydrogen-bond donors (Lipinski definition) is 1. The summed E-state index contributed by atoms with van der Waals surface area (Å²) >= 11 is 0. The van der Waals surface area contributed by atoms with Crippen LogP contribution in [0.5, 0.6) is 5.75 Å². The van der Waals surface area contributed by atoms with Crippen molar-refractivity contribution in [1.82, 2.24) is 24.8 Å². The molecule has 7 heteroatoms. The fraction of sp³-hybridized carbons (Fsp3) is 0.304. The molecule has 1 saturated heterocycles. The van der Waals surface area contributed by atoms with Crippen LogP contribution in [0.15, 0.2) is 61.2 Å². The number of hydrogen-bond acceptors (Lipinski definition) is 5. The van der Waals surface area contributed by atoms with Gasteiger partial charge in [-0.15, -0.1) is 0 Å². The van der Waals surface area contributed by atoms with E-state index in [1.165, 1.54) is 0 Å². The second-order valence-corrected chi connectivity index (χ2v) is 7.59. The summed E-state index contributed by atoms with van der Waals surface area (Å²) in [5.74, 6) is 0.822. The molecule has 5 rings (SSSR count). The first-order valence-corrected chi connectivity index (χ1v) is 10.3. The van der Waals surface area contributed by atoms with Gasteiger partial charge in [0.2, 0.25) is 0 Å². The molecule has 0 saturated carbocycles. The molecule has 30 heavy (non-hydrogen) atoms. The van der Waals surface area contributed by atoms with Gasteiger partial charge in [-0.2, -0.15) is 9.83 Å². The van der Waals surface area contributed by atoms with E-state index in [1.54, 1.807) is 11.8 Å². The van der Waals surface area contributed by atoms with Gasteiger partial charge in [0.1, 0.15) is 17.9 Å². The molecule has 0 atom stereocenters. The molecule has 154 valence electrons. The minimum Gasteiger partial charge on any atom is -0.497 e. The lowest BCUT2D eigenvalue weighted by atomic mass is 10.1. The monoisotopic (exact) mass is 403 g/mol. The molecule has 4 aromatic rings. The van der Waals surface area contributed by atoms with Crippen molar-refractivity contribution in [1.29, 1.82) is 0 Å². The number of nitrogens with zero attached hydrogens (tertiary/aromatic N) is 4. The van der Waals surface area contributed by atoms with Crippen LogP contribution in [0.4, 0.5) is 0 Å². The molecule has 0 amide bonds. The van der Waals surface area contributed by atoms with Crippen LogP contribution in [0.2, 0.25) is 0 Å². The number of methoxy groups -OCH3 is 1. The number of benzene rings is 1. The zero-order valence-corrected chi connectivity index (χ0v) is 17.0. The molecule has 0 aliphatic carbocycles. The van der Waals surface area contributed by atoms with Crippen molar-refractivity contribution in [2.24, 2.45) is 0 Å². The van der Waals surface area contributed by atoms with Crippen LogP contribution in [-0.4, -0.2) is 39.7 Å². The van der Waals surface area contributed by atoms with E-state index >= 15 is 0 Å². The third-order valence-corrected chi connectivity index (χ3v) is 5.62. The van der Waals surface area contributed by atoms with Gasteiger partial charge in [-0.1, -0.05) is 12.1 Å². The first kappa shape index (κ1) is 18.7. The number of ether oxygens (including phenoxy) is 1. The molecule has 3 aromatic heterocycles. The number of aromatic nitrogens is 4. The molecule has 1 aliphatic rings. The first-order chi connectivity index (χ1) is 14.8. The van der Waals surface area contributed by atoms with Crippen molar-refractivity contribution in [3.05, 3.63) is 66.7 Å². The first-order valence-electron chi connectivity index (χ1n) is 10.3. The summed E-state index contributed by atoms with van der Waals surface area (Å²) in [5.41, 5.74) is 4.99. The average molecular weight is 403 g/mol. The molecule has 0 radical (unpaired) electrons. The highest BCUT2D eigenvalue weighted by atomic mass is 16.7. The standard InChI is InChI=1S/C23H25N5O2/c1-29-21-4-2-3-17(11-21)16-30-28-10-7-22-23(28)12-18(13-25-22)19-14-26-27(15-19)20-5-8-24-9-6-20/h2-4,7,10-15,20,24H,5-6,8-9,16H2,1H3. The maximum Gasteiger partial charge on any atom is 0.140 e. The van der Waals surface area contributed by atoms with E-state index in [-0.39, 0.29) is 0 Å². The summed E-state index contributed by atoms with van der Waals surface area (Å²) in [4.78, 5) is 10.6. The Kier molecular flexibility index (Phi) is 5.11. The number of nitrogens with one attached hydrogen (secondary N) is 1. The van der Waals surface area contributed by atoms with Crippen molar-refractivity contribution >= 4 is 11.0 Å². The van der Waals surface area contributed by atoms with E-state index in [9.17, 15) is 0 Å². The molecule has 0 spiro atoms. The Morgan fingerprint density at radius 1 is 1.10 bits per heavy atom. The van der Waals surface area contributed by atoms with Gasteiger partial charge in [0.05, 0.1) is 24.9 Å². The topological polar surface area (TPSA) is 66.1 Å². The highest BCUT2D eigenvalue weighted by molar-refractivity contribution is 5.80. The largest absolute Gasteiger partial charge is 0.497 e. The minimum absolute atomic E-state index is 0.443. The normalized spacial score (nSPS) is 14.8. The third-order valence-electron chi connectivity index (χ3n) is 5.62. The number of pyridine rings is 1. The van der Waals surface area contributed by atoms with E-state index in [0.29, 0.717) is 12.6 Å². The SMILES string of the molecule is COc1cccc(COn2ccc3ncc(-c4cnn(C5CCNCC5)c4)cc32)c1. The maximum absolute atomic E-state index is 6.03. The van der Waals surface area contributed by atoms with Crippen molar-refractivity contribution in [2.75, 3.05) is 20.2 Å². The summed E-state index contributed by atoms with van der Waals surface area (Å²) in [6.45, 7) is 2.54. The van der Waals surface area contributed by atoms with E-state index in [0.717, 1.165) is 59.4 Å². The predicted molar refractivity (Wildman–Crippen MR) is 115 cm³/mol. The van der Waals surface area contributed by atoms with Gasteiger partial charge < -0.3 is 14.9 Å². The van der Waals surface area contributed by atoms with Crippen molar-refractivity contribution < 1.29 is 9.57 Å². The molecule has 0 unspecified atom stereocenters. The Morgan fingerprint density at radius 2 is 2.00 bits per heavy atom. The lowest BCUT2D eigenvalue weighted by Gasteiger charge is -2.22. The van der Waals surface area contributed by atoms with Crippen molar-refractivity contribution in [3.63, 3.8) is 0 Å². The summed E-state index contributed by atoms with van der Waals surface area (Å²) in [5, 5.41) is 8.01. The van der Waals surface area contributed by atoms with Gasteiger partial charge in [0, 0.05) is 29.7 Å². The number of fused-ring (bicyclic) bond motifs is 1. The molecule has 1 aromatic carbocycles. The van der Waals surface area contributed by atoms with Crippen LogP contribution in [0.1, 0.15) is 24.4 Å². The number of piperidine rings is 1. The van der Waals surface area contributed by atoms with Gasteiger partial charge in [0.15, 0.2) is 0 Å². The summed E-state index contributed by atoms with van der Waals surface area (Å²) in [6, 6.07) is 12.4. The molecule has 7 nitrogen and oxygen atoms in total. The molecule has 1 N–H and O–H groups in total. The van der Waals surface area contributed by atoms with E-state index in [2.05, 4.69) is 32.3 Å². The Balaban J connectivity index is 1.37. The second-order valence-electron chi connectivity index (χ2n) is 7.59. The Labute approximate surface area is 175 Å². The van der Waals surface area contributed by atoms with Crippen LogP contribution in [0.3, 0.4) is 0 Å². The van der Waals surface area contributed by atoms with Crippen molar-refractivity contribution in [2.45, 2.75) is 25.5 Å². The van der Waals surface area contributed by atoms with Crippen molar-refractivity contribution in [3.8, 4) is 16.9 Å². The third kappa shape index (κ3) is 3.76. The molecular formula is C23H25N5O2. The smallest absolute Gasteiger partial charge is 0.140 e. The number of rotatable bonds is 6. The van der Waals surface area contributed by atoms with E-state index in [1.807, 2.05) is 48.9 Å². The fourth-order valence-electron chi connectivity index (χ4n) is 3.92. The second kappa shape index (κ2) is 8.20. The molecule has 1 aliphatic heterocycles. The summed E-state index contributed by atoms with van der Waals surface area (Å²) in [6.07, 6.45) is 10.1. The molecule has 1 fully saturated rings. The van der Waals surface area contributed by atoms with Gasteiger partial charge in [0.25, 0.3) is 0 Å². The fourth-order valence-corrected chi connectivity index (χ4v) is 3.92. The Morgan fingerprint density at radius 3 is 2.87 bits per heavy atom. The van der Waals surface area contributed by atoms with Gasteiger partial charge in [-0.25, -0.2) is 0 Å². The Hall–Kier alpha value is -3.32. The summed E-state index contributed by atoms with van der Waals surface area (Å²) < 4.78 is 9.17. The molecular weight excluding hydrogens is 378 g/mol. The average Bonchev–Trinajstić information content (AvgIpc) is 3.45. The van der Waals surface area contributed by atoms with E-state index < -0.39 is 0 Å². The summed E-state index contributed by atoms with van der Waals surface area (Å²) in [7, 11) is 1.67. The highest BCUT2D eigenvalue weighted by Gasteiger charge is 2.16. The predicted octanol–water partition coefficient (Wildman–Crippen LogP) is 3.46. The highest BCUT2D eigenvalue weighted by Crippen LogP contribution is 2.25. The van der Waals surface area contributed by atoms with Gasteiger partial charge >= 0.3 is 0 Å². The quantitative estimate of drug-likeness (QED) is 0.534. The maximum atomic E-state index is 6.03. The van der Waals surface area contributed by atoms with Crippen LogP contribution in [-0.2, 0) is 6.61 Å². The van der Waals surface area contributed by atoms with Crippen LogP contribution >= 0.6 is 0 Å². The van der Waals surface area contributed by atoms with Gasteiger partial charge in [-0.3, -0.25) is 9.67 Å². The molecule has 0 bridgehead atoms. The molecule has 4 heterocycles. The van der Waals surface area contributed by atoms with Gasteiger partial charge in [-0.05, 0) is 55.8 Å². The van der Waals surface area contributed by atoms with Crippen LogP contribution in [0.25, 0.3) is 22.2 Å². The van der Waals surface area contributed by atoms with Crippen LogP contribution < -0.4 is 14.9 Å². The van der Waals surface area contributed by atoms with Crippen LogP contribution in [0, 0.1) is 0 Å². The zero-order valence-electron chi connectivity index (χ0n) is 17.0. The minimum atomic E-state index is 0.443. The lowest BCUT2D eigenvalue weighted by molar-refractivity contribution is 0.107. The lowest BCUT2D eigenvalue weighted by Crippen LogP contribution is -2.29.